The van der Waals surface area contributed by atoms with Crippen LogP contribution in [0, 0.1) is 18.6 Å². The van der Waals surface area contributed by atoms with Crippen LogP contribution in [0.5, 0.6) is 0 Å². The highest BCUT2D eigenvalue weighted by molar-refractivity contribution is 6.19. The summed E-state index contributed by atoms with van der Waals surface area (Å²) in [6, 6.07) is 3.16. The maximum atomic E-state index is 13.3. The van der Waals surface area contributed by atoms with Crippen molar-refractivity contribution in [3.8, 4) is 0 Å². The van der Waals surface area contributed by atoms with E-state index in [-0.39, 0.29) is 11.3 Å². The molecule has 1 amide bonds. The van der Waals surface area contributed by atoms with Gasteiger partial charge >= 0.3 is 0 Å². The quantitative estimate of drug-likeness (QED) is 0.920. The number of hydrogen-bond donors (Lipinski definition) is 1. The average molecular weight is 330 g/mol. The summed E-state index contributed by atoms with van der Waals surface area (Å²) < 4.78 is 31.9. The molecule has 2 aromatic rings. The van der Waals surface area contributed by atoms with Gasteiger partial charge in [0.2, 0.25) is 5.88 Å². The predicted molar refractivity (Wildman–Crippen MR) is 84.0 cm³/mol. The second-order valence-corrected chi connectivity index (χ2v) is 5.44. The maximum Gasteiger partial charge on any atom is 0.260 e. The van der Waals surface area contributed by atoms with E-state index in [0.717, 1.165) is 12.1 Å². The van der Waals surface area contributed by atoms with E-state index in [2.05, 4.69) is 15.3 Å². The lowest BCUT2D eigenvalue weighted by atomic mass is 10.1. The third kappa shape index (κ3) is 2.18. The van der Waals surface area contributed by atoms with Crippen LogP contribution < -0.4 is 5.32 Å². The molecule has 0 unspecified atom stereocenters. The molecular formula is C16H12F2N4O2. The van der Waals surface area contributed by atoms with Crippen molar-refractivity contribution in [1.29, 1.82) is 0 Å². The molecule has 4 rings (SSSR count). The second-order valence-electron chi connectivity index (χ2n) is 5.44. The standard InChI is InChI=1S/C16H12F2N4O2/c1-8-12(15(23)21-9-2-3-10(17)11(18)6-9)13-14-19-4-5-22(14)7-20-16(13)24-8/h2-3,6-7H,4-5H2,1H3,(H,21,23). The van der Waals surface area contributed by atoms with Crippen molar-refractivity contribution < 1.29 is 18.0 Å². The van der Waals surface area contributed by atoms with Gasteiger partial charge in [0.15, 0.2) is 11.6 Å². The second kappa shape index (κ2) is 5.26. The smallest absolute Gasteiger partial charge is 0.260 e. The van der Waals surface area contributed by atoms with E-state index >= 15 is 0 Å². The number of rotatable bonds is 2. The van der Waals surface area contributed by atoms with Crippen molar-refractivity contribution in [1.82, 2.24) is 4.90 Å². The Morgan fingerprint density at radius 1 is 1.33 bits per heavy atom. The van der Waals surface area contributed by atoms with Crippen LogP contribution in [0.25, 0.3) is 0 Å². The van der Waals surface area contributed by atoms with E-state index in [4.69, 9.17) is 4.42 Å². The monoisotopic (exact) mass is 330 g/mol. The summed E-state index contributed by atoms with van der Waals surface area (Å²) in [6.45, 7) is 2.94. The van der Waals surface area contributed by atoms with Crippen LogP contribution in [0.1, 0.15) is 21.7 Å². The molecule has 0 saturated heterocycles. The Hall–Kier alpha value is -3.03. The van der Waals surface area contributed by atoms with E-state index in [9.17, 15) is 13.6 Å². The number of aliphatic imine (C=N–C) groups is 2. The van der Waals surface area contributed by atoms with E-state index in [0.29, 0.717) is 36.1 Å². The average Bonchev–Trinajstić information content (AvgIpc) is 3.13. The summed E-state index contributed by atoms with van der Waals surface area (Å²) in [5, 5.41) is 2.55. The van der Waals surface area contributed by atoms with Gasteiger partial charge in [-0.3, -0.25) is 9.79 Å². The van der Waals surface area contributed by atoms with Gasteiger partial charge in [-0.05, 0) is 19.1 Å². The van der Waals surface area contributed by atoms with Gasteiger partial charge in [0, 0.05) is 18.3 Å². The van der Waals surface area contributed by atoms with Gasteiger partial charge < -0.3 is 14.6 Å². The zero-order valence-corrected chi connectivity index (χ0v) is 12.6. The first kappa shape index (κ1) is 14.6. The zero-order chi connectivity index (χ0) is 16.8. The number of benzene rings is 1. The molecule has 0 fully saturated rings. The summed E-state index contributed by atoms with van der Waals surface area (Å²) in [7, 11) is 0. The maximum absolute atomic E-state index is 13.3. The number of hydrogen-bond acceptors (Lipinski definition) is 5. The highest BCUT2D eigenvalue weighted by atomic mass is 19.2. The molecule has 1 aromatic carbocycles. The van der Waals surface area contributed by atoms with Gasteiger partial charge in [0.05, 0.1) is 17.7 Å². The number of fused-ring (bicyclic) bond motifs is 3. The fourth-order valence-electron chi connectivity index (χ4n) is 2.79. The minimum absolute atomic E-state index is 0.151. The summed E-state index contributed by atoms with van der Waals surface area (Å²) in [5.74, 6) is -1.17. The van der Waals surface area contributed by atoms with E-state index in [1.54, 1.807) is 13.3 Å². The van der Waals surface area contributed by atoms with Crippen LogP contribution in [-0.4, -0.2) is 36.1 Å². The summed E-state index contributed by atoms with van der Waals surface area (Å²) >= 11 is 0. The number of aryl methyl sites for hydroxylation is 1. The number of furan rings is 1. The van der Waals surface area contributed by atoms with Crippen LogP contribution in [-0.2, 0) is 0 Å². The molecule has 3 heterocycles. The molecule has 0 aliphatic carbocycles. The molecule has 8 heteroatoms. The summed E-state index contributed by atoms with van der Waals surface area (Å²) in [5.41, 5.74) is 0.961. The molecule has 0 atom stereocenters. The lowest BCUT2D eigenvalue weighted by Crippen LogP contribution is -2.30. The largest absolute Gasteiger partial charge is 0.442 e. The number of halogens is 2. The Kier molecular flexibility index (Phi) is 3.19. The predicted octanol–water partition coefficient (Wildman–Crippen LogP) is 2.85. The van der Waals surface area contributed by atoms with Crippen LogP contribution in [0.15, 0.2) is 32.6 Å². The van der Waals surface area contributed by atoms with Crippen molar-refractivity contribution in [2.75, 3.05) is 18.4 Å². The number of anilines is 1. The molecule has 122 valence electrons. The molecule has 0 spiro atoms. The molecule has 0 radical (unpaired) electrons. The van der Waals surface area contributed by atoms with Crippen molar-refractivity contribution in [3.63, 3.8) is 0 Å². The van der Waals surface area contributed by atoms with E-state index in [1.165, 1.54) is 6.07 Å². The molecule has 24 heavy (non-hydrogen) atoms. The highest BCUT2D eigenvalue weighted by Crippen LogP contribution is 2.34. The lowest BCUT2D eigenvalue weighted by Gasteiger charge is -2.18. The molecule has 2 aliphatic rings. The molecule has 6 nitrogen and oxygen atoms in total. The molecule has 2 aliphatic heterocycles. The van der Waals surface area contributed by atoms with Crippen molar-refractivity contribution in [2.45, 2.75) is 6.92 Å². The Morgan fingerprint density at radius 2 is 2.17 bits per heavy atom. The third-order valence-corrected chi connectivity index (χ3v) is 3.88. The normalized spacial score (nSPS) is 15.1. The topological polar surface area (TPSA) is 70.2 Å². The SMILES string of the molecule is Cc1oc2c(c1C(=O)Nc1ccc(F)c(F)c1)C1=NCCN1C=N2. The van der Waals surface area contributed by atoms with Gasteiger partial charge in [0.25, 0.3) is 5.91 Å². The van der Waals surface area contributed by atoms with Gasteiger partial charge in [-0.2, -0.15) is 0 Å². The third-order valence-electron chi connectivity index (χ3n) is 3.88. The number of carbonyl (C=O) groups excluding carboxylic acids is 1. The van der Waals surface area contributed by atoms with Crippen LogP contribution in [0.2, 0.25) is 0 Å². The first-order valence-electron chi connectivity index (χ1n) is 7.30. The number of nitrogens with zero attached hydrogens (tertiary/aromatic N) is 3. The lowest BCUT2D eigenvalue weighted by molar-refractivity contribution is 0.102. The summed E-state index contributed by atoms with van der Waals surface area (Å²) in [6.07, 6.45) is 1.62. The summed E-state index contributed by atoms with van der Waals surface area (Å²) in [4.78, 5) is 23.1. The van der Waals surface area contributed by atoms with Gasteiger partial charge in [-0.1, -0.05) is 0 Å². The van der Waals surface area contributed by atoms with Crippen LogP contribution in [0.3, 0.4) is 0 Å². The Labute approximate surface area is 135 Å². The molecule has 0 bridgehead atoms. The molecular weight excluding hydrogens is 318 g/mol. The van der Waals surface area contributed by atoms with Crippen LogP contribution in [0.4, 0.5) is 20.4 Å². The van der Waals surface area contributed by atoms with Gasteiger partial charge in [-0.25, -0.2) is 13.8 Å². The number of nitrogens with one attached hydrogen (secondary N) is 1. The van der Waals surface area contributed by atoms with Gasteiger partial charge in [-0.15, -0.1) is 0 Å². The van der Waals surface area contributed by atoms with Crippen molar-refractivity contribution in [2.24, 2.45) is 9.98 Å². The van der Waals surface area contributed by atoms with Crippen molar-refractivity contribution in [3.05, 3.63) is 46.7 Å². The number of amides is 1. The number of amidine groups is 1. The highest BCUT2D eigenvalue weighted by Gasteiger charge is 2.33. The number of carbonyl (C=O) groups is 1. The van der Waals surface area contributed by atoms with Crippen LogP contribution >= 0.6 is 0 Å². The molecule has 1 N–H and O–H groups in total. The minimum atomic E-state index is -1.03. The Bertz CT molecular complexity index is 917. The molecule has 0 saturated carbocycles. The first-order chi connectivity index (χ1) is 11.5. The minimum Gasteiger partial charge on any atom is -0.442 e. The Morgan fingerprint density at radius 3 is 2.96 bits per heavy atom. The Balaban J connectivity index is 1.72. The molecule has 1 aromatic heterocycles. The fourth-order valence-corrected chi connectivity index (χ4v) is 2.79. The van der Waals surface area contributed by atoms with Gasteiger partial charge in [0.1, 0.15) is 17.9 Å². The fraction of sp³-hybridized carbons (Fsp3) is 0.188. The van der Waals surface area contributed by atoms with E-state index < -0.39 is 17.5 Å². The van der Waals surface area contributed by atoms with E-state index in [1.807, 2.05) is 4.90 Å². The van der Waals surface area contributed by atoms with Crippen molar-refractivity contribution >= 4 is 29.7 Å². The first-order valence-corrected chi connectivity index (χ1v) is 7.30. The zero-order valence-electron chi connectivity index (χ0n) is 12.6.